The van der Waals surface area contributed by atoms with Gasteiger partial charge in [-0.15, -0.1) is 0 Å². The largest absolute Gasteiger partial charge is 0.347 e. The van der Waals surface area contributed by atoms with Crippen LogP contribution in [0.2, 0.25) is 0 Å². The summed E-state index contributed by atoms with van der Waals surface area (Å²) >= 11 is 0. The summed E-state index contributed by atoms with van der Waals surface area (Å²) in [7, 11) is 0. The van der Waals surface area contributed by atoms with E-state index in [-0.39, 0.29) is 5.82 Å². The van der Waals surface area contributed by atoms with Gasteiger partial charge in [-0.25, -0.2) is 9.37 Å². The quantitative estimate of drug-likeness (QED) is 0.797. The third kappa shape index (κ3) is 3.69. The van der Waals surface area contributed by atoms with Crippen LogP contribution in [0.4, 0.5) is 4.39 Å². The first-order valence-corrected chi connectivity index (χ1v) is 9.34. The molecule has 2 aliphatic rings. The molecule has 2 aromatic rings. The number of nitrogens with zero attached hydrogens (tertiary/aromatic N) is 1. The fraction of sp³-hybridized carbons (Fsp3) is 0.550. The molecular formula is C20H26FN3. The zero-order valence-electron chi connectivity index (χ0n) is 14.1. The third-order valence-corrected chi connectivity index (χ3v) is 5.48. The molecule has 1 atom stereocenters. The van der Waals surface area contributed by atoms with Crippen LogP contribution in [-0.4, -0.2) is 16.5 Å². The fourth-order valence-electron chi connectivity index (χ4n) is 3.83. The summed E-state index contributed by atoms with van der Waals surface area (Å²) in [5.74, 6) is 2.37. The Hall–Kier alpha value is -1.68. The first kappa shape index (κ1) is 15.8. The minimum absolute atomic E-state index is 0.208. The van der Waals surface area contributed by atoms with Crippen LogP contribution in [0.15, 0.2) is 30.5 Å². The van der Waals surface area contributed by atoms with Crippen molar-refractivity contribution in [2.75, 3.05) is 6.54 Å². The second-order valence-corrected chi connectivity index (χ2v) is 7.41. The normalized spacial score (nSPS) is 20.2. The van der Waals surface area contributed by atoms with Gasteiger partial charge in [0.15, 0.2) is 0 Å². The maximum atomic E-state index is 13.1. The molecule has 1 aromatic heterocycles. The molecule has 0 radical (unpaired) electrons. The lowest BCUT2D eigenvalue weighted by molar-refractivity contribution is 0.262. The number of halogens is 1. The van der Waals surface area contributed by atoms with Crippen LogP contribution in [0, 0.1) is 17.7 Å². The molecule has 0 bridgehead atoms. The number of nitrogens with one attached hydrogen (secondary N) is 2. The van der Waals surface area contributed by atoms with Crippen molar-refractivity contribution in [2.45, 2.75) is 51.0 Å². The zero-order chi connectivity index (χ0) is 16.4. The number of aromatic nitrogens is 2. The van der Waals surface area contributed by atoms with E-state index < -0.39 is 0 Å². The Morgan fingerprint density at radius 3 is 2.54 bits per heavy atom. The van der Waals surface area contributed by atoms with Crippen LogP contribution in [-0.2, 0) is 0 Å². The van der Waals surface area contributed by atoms with Crippen molar-refractivity contribution < 1.29 is 4.39 Å². The van der Waals surface area contributed by atoms with Crippen molar-refractivity contribution in [3.05, 3.63) is 42.1 Å². The average molecular weight is 327 g/mol. The van der Waals surface area contributed by atoms with Gasteiger partial charge in [-0.1, -0.05) is 19.3 Å². The summed E-state index contributed by atoms with van der Waals surface area (Å²) in [6.45, 7) is 1.10. The molecule has 2 aliphatic carbocycles. The molecule has 4 rings (SSSR count). The van der Waals surface area contributed by atoms with Gasteiger partial charge in [0.1, 0.15) is 11.6 Å². The molecule has 1 aromatic carbocycles. The Balaban J connectivity index is 1.53. The van der Waals surface area contributed by atoms with E-state index in [9.17, 15) is 4.39 Å². The monoisotopic (exact) mass is 327 g/mol. The molecule has 3 nitrogen and oxygen atoms in total. The first-order valence-electron chi connectivity index (χ1n) is 9.34. The van der Waals surface area contributed by atoms with E-state index in [0.717, 1.165) is 29.5 Å². The fourth-order valence-corrected chi connectivity index (χ4v) is 3.83. The van der Waals surface area contributed by atoms with Crippen LogP contribution in [0.5, 0.6) is 0 Å². The molecule has 4 heteroatoms. The van der Waals surface area contributed by atoms with Gasteiger partial charge in [0.2, 0.25) is 0 Å². The lowest BCUT2D eigenvalue weighted by Gasteiger charge is -2.30. The molecule has 0 spiro atoms. The Kier molecular flexibility index (Phi) is 4.65. The topological polar surface area (TPSA) is 40.7 Å². The van der Waals surface area contributed by atoms with Gasteiger partial charge in [0.05, 0.1) is 11.7 Å². The number of rotatable bonds is 6. The molecule has 0 amide bonds. The molecule has 0 aliphatic heterocycles. The van der Waals surface area contributed by atoms with Crippen LogP contribution in [0.3, 0.4) is 0 Å². The number of imidazole rings is 1. The Labute approximate surface area is 143 Å². The van der Waals surface area contributed by atoms with E-state index in [2.05, 4.69) is 10.3 Å². The highest BCUT2D eigenvalue weighted by Crippen LogP contribution is 2.35. The number of H-pyrrole nitrogens is 1. The molecule has 2 saturated carbocycles. The van der Waals surface area contributed by atoms with Crippen molar-refractivity contribution >= 4 is 0 Å². The van der Waals surface area contributed by atoms with Crippen molar-refractivity contribution in [2.24, 2.45) is 11.8 Å². The number of aromatic amines is 1. The molecule has 128 valence electrons. The van der Waals surface area contributed by atoms with E-state index >= 15 is 0 Å². The highest BCUT2D eigenvalue weighted by Gasteiger charge is 2.29. The van der Waals surface area contributed by atoms with Gasteiger partial charge in [-0.2, -0.15) is 0 Å². The van der Waals surface area contributed by atoms with Crippen LogP contribution >= 0.6 is 0 Å². The number of hydrogen-bond acceptors (Lipinski definition) is 2. The molecule has 2 N–H and O–H groups in total. The van der Waals surface area contributed by atoms with Crippen molar-refractivity contribution in [1.29, 1.82) is 0 Å². The standard InChI is InChI=1S/C20H26FN3/c21-17-10-8-15(9-11-17)18-13-23-20(24-18)19(22-12-14-6-7-14)16-4-2-1-3-5-16/h8-11,13-14,16,19,22H,1-7,12H2,(H,23,24). The number of benzene rings is 1. The molecular weight excluding hydrogens is 301 g/mol. The molecule has 1 heterocycles. The summed E-state index contributed by atoms with van der Waals surface area (Å²) in [6, 6.07) is 6.90. The minimum atomic E-state index is -0.208. The predicted molar refractivity (Wildman–Crippen MR) is 94.0 cm³/mol. The zero-order valence-corrected chi connectivity index (χ0v) is 14.1. The van der Waals surface area contributed by atoms with Gasteiger partial charge in [0, 0.05) is 11.8 Å². The minimum Gasteiger partial charge on any atom is -0.347 e. The van der Waals surface area contributed by atoms with Crippen molar-refractivity contribution in [1.82, 2.24) is 15.3 Å². The highest BCUT2D eigenvalue weighted by molar-refractivity contribution is 5.58. The second kappa shape index (κ2) is 7.06. The lowest BCUT2D eigenvalue weighted by Crippen LogP contribution is -2.32. The van der Waals surface area contributed by atoms with Crippen LogP contribution < -0.4 is 5.32 Å². The highest BCUT2D eigenvalue weighted by atomic mass is 19.1. The maximum Gasteiger partial charge on any atom is 0.124 e. The predicted octanol–water partition coefficient (Wildman–Crippen LogP) is 4.84. The smallest absolute Gasteiger partial charge is 0.124 e. The third-order valence-electron chi connectivity index (χ3n) is 5.48. The molecule has 2 fully saturated rings. The van der Waals surface area contributed by atoms with Gasteiger partial charge in [-0.3, -0.25) is 0 Å². The van der Waals surface area contributed by atoms with E-state index in [1.54, 1.807) is 12.1 Å². The number of hydrogen-bond donors (Lipinski definition) is 2. The maximum absolute atomic E-state index is 13.1. The molecule has 1 unspecified atom stereocenters. The molecule has 0 saturated heterocycles. The van der Waals surface area contributed by atoms with Gasteiger partial charge >= 0.3 is 0 Å². The molecule has 24 heavy (non-hydrogen) atoms. The Morgan fingerprint density at radius 2 is 1.83 bits per heavy atom. The van der Waals surface area contributed by atoms with Crippen LogP contribution in [0.25, 0.3) is 11.3 Å². The van der Waals surface area contributed by atoms with Crippen LogP contribution in [0.1, 0.15) is 56.8 Å². The Morgan fingerprint density at radius 1 is 1.08 bits per heavy atom. The van der Waals surface area contributed by atoms with Crippen molar-refractivity contribution in [3.63, 3.8) is 0 Å². The van der Waals surface area contributed by atoms with E-state index in [1.165, 1.54) is 57.1 Å². The Bertz CT molecular complexity index is 654. The van der Waals surface area contributed by atoms with Gasteiger partial charge < -0.3 is 10.3 Å². The first-order chi connectivity index (χ1) is 11.8. The summed E-state index contributed by atoms with van der Waals surface area (Å²) in [5, 5.41) is 3.79. The van der Waals surface area contributed by atoms with E-state index in [0.29, 0.717) is 12.0 Å². The van der Waals surface area contributed by atoms with Gasteiger partial charge in [-0.05, 0) is 68.3 Å². The summed E-state index contributed by atoms with van der Waals surface area (Å²) in [4.78, 5) is 8.24. The average Bonchev–Trinajstić information content (AvgIpc) is 3.32. The SMILES string of the molecule is Fc1ccc(-c2c[nH]c(C(NCC3CC3)C3CCCCC3)n2)cc1. The van der Waals surface area contributed by atoms with E-state index in [4.69, 9.17) is 4.98 Å². The lowest BCUT2D eigenvalue weighted by atomic mass is 9.83. The van der Waals surface area contributed by atoms with Crippen molar-refractivity contribution in [3.8, 4) is 11.3 Å². The summed E-state index contributed by atoms with van der Waals surface area (Å²) in [5.41, 5.74) is 1.86. The van der Waals surface area contributed by atoms with Gasteiger partial charge in [0.25, 0.3) is 0 Å². The second-order valence-electron chi connectivity index (χ2n) is 7.41. The van der Waals surface area contributed by atoms with E-state index in [1.807, 2.05) is 6.20 Å². The summed E-state index contributed by atoms with van der Waals surface area (Å²) < 4.78 is 13.1. The summed E-state index contributed by atoms with van der Waals surface area (Å²) in [6.07, 6.45) is 11.3.